The van der Waals surface area contributed by atoms with Gasteiger partial charge >= 0.3 is 0 Å². The molecule has 4 heteroatoms. The first-order valence-electron chi connectivity index (χ1n) is 5.94. The molecule has 1 aromatic rings. The van der Waals surface area contributed by atoms with Crippen LogP contribution in [0.5, 0.6) is 5.75 Å². The fourth-order valence-corrected chi connectivity index (χ4v) is 2.06. The molecular weight excluding hydrogens is 216 g/mol. The lowest BCUT2D eigenvalue weighted by molar-refractivity contribution is -0.131. The molecule has 0 spiro atoms. The molecule has 0 radical (unpaired) electrons. The number of phenols is 1. The van der Waals surface area contributed by atoms with Gasteiger partial charge in [-0.25, -0.2) is 0 Å². The van der Waals surface area contributed by atoms with Crippen LogP contribution in [0.15, 0.2) is 24.3 Å². The van der Waals surface area contributed by atoms with Crippen LogP contribution in [-0.4, -0.2) is 41.6 Å². The number of hydrogen-bond acceptors (Lipinski definition) is 3. The van der Waals surface area contributed by atoms with Gasteiger partial charge in [0.15, 0.2) is 0 Å². The molecule has 0 saturated carbocycles. The first-order valence-corrected chi connectivity index (χ1v) is 5.94. The van der Waals surface area contributed by atoms with E-state index in [-0.39, 0.29) is 11.7 Å². The summed E-state index contributed by atoms with van der Waals surface area (Å²) in [5.74, 6) is 0.390. The lowest BCUT2D eigenvalue weighted by Gasteiger charge is -2.32. The van der Waals surface area contributed by atoms with Crippen molar-refractivity contribution in [3.63, 3.8) is 0 Å². The zero-order chi connectivity index (χ0) is 12.3. The number of aromatic hydroxyl groups is 1. The number of phenolic OH excluding ortho intramolecular Hbond substituents is 1. The van der Waals surface area contributed by atoms with Crippen LogP contribution in [0, 0.1) is 0 Å². The van der Waals surface area contributed by atoms with Crippen LogP contribution >= 0.6 is 0 Å². The Morgan fingerprint density at radius 2 is 2.18 bits per heavy atom. The van der Waals surface area contributed by atoms with E-state index in [1.54, 1.807) is 24.3 Å². The van der Waals surface area contributed by atoms with Crippen LogP contribution in [0.2, 0.25) is 0 Å². The molecule has 1 aromatic carbocycles. The highest BCUT2D eigenvalue weighted by atomic mass is 16.3. The normalized spacial score (nSPS) is 20.3. The van der Waals surface area contributed by atoms with Crippen LogP contribution in [0.3, 0.4) is 0 Å². The number of piperazine rings is 1. The van der Waals surface area contributed by atoms with Crippen LogP contribution in [-0.2, 0) is 11.2 Å². The first kappa shape index (κ1) is 11.9. The fraction of sp³-hybridized carbons (Fsp3) is 0.462. The maximum atomic E-state index is 12.0. The summed E-state index contributed by atoms with van der Waals surface area (Å²) in [6, 6.07) is 7.18. The Morgan fingerprint density at radius 3 is 2.82 bits per heavy atom. The van der Waals surface area contributed by atoms with Gasteiger partial charge in [0.2, 0.25) is 5.91 Å². The minimum Gasteiger partial charge on any atom is -0.508 e. The van der Waals surface area contributed by atoms with Gasteiger partial charge in [0, 0.05) is 25.7 Å². The summed E-state index contributed by atoms with van der Waals surface area (Å²) in [7, 11) is 0. The third kappa shape index (κ3) is 3.20. The van der Waals surface area contributed by atoms with E-state index in [2.05, 4.69) is 12.2 Å². The second-order valence-electron chi connectivity index (χ2n) is 4.54. The summed E-state index contributed by atoms with van der Waals surface area (Å²) in [6.07, 6.45) is 0.410. The average molecular weight is 234 g/mol. The number of nitrogens with zero attached hydrogens (tertiary/aromatic N) is 1. The van der Waals surface area contributed by atoms with Gasteiger partial charge in [0.05, 0.1) is 6.42 Å². The van der Waals surface area contributed by atoms with Gasteiger partial charge in [-0.3, -0.25) is 4.79 Å². The molecule has 2 rings (SSSR count). The van der Waals surface area contributed by atoms with Crippen molar-refractivity contribution in [3.8, 4) is 5.75 Å². The van der Waals surface area contributed by atoms with E-state index in [0.29, 0.717) is 12.5 Å². The summed E-state index contributed by atoms with van der Waals surface area (Å²) in [4.78, 5) is 13.9. The molecule has 17 heavy (non-hydrogen) atoms. The SMILES string of the molecule is C[C@@H]1CN(C(=O)Cc2ccc(O)cc2)CCN1. The monoisotopic (exact) mass is 234 g/mol. The zero-order valence-corrected chi connectivity index (χ0v) is 10.0. The Balaban J connectivity index is 1.94. The van der Waals surface area contributed by atoms with Crippen molar-refractivity contribution in [3.05, 3.63) is 29.8 Å². The Kier molecular flexibility index (Phi) is 3.64. The van der Waals surface area contributed by atoms with Crippen LogP contribution in [0.25, 0.3) is 0 Å². The summed E-state index contributed by atoms with van der Waals surface area (Å²) in [5, 5.41) is 12.5. The summed E-state index contributed by atoms with van der Waals surface area (Å²) < 4.78 is 0. The Labute approximate surface area is 101 Å². The van der Waals surface area contributed by atoms with E-state index in [1.165, 1.54) is 0 Å². The topological polar surface area (TPSA) is 52.6 Å². The predicted molar refractivity (Wildman–Crippen MR) is 65.9 cm³/mol. The van der Waals surface area contributed by atoms with Crippen molar-refractivity contribution in [1.82, 2.24) is 10.2 Å². The van der Waals surface area contributed by atoms with Gasteiger partial charge in [0.1, 0.15) is 5.75 Å². The molecule has 1 aliphatic rings. The molecule has 0 bridgehead atoms. The van der Waals surface area contributed by atoms with Crippen LogP contribution < -0.4 is 5.32 Å². The van der Waals surface area contributed by atoms with Crippen molar-refractivity contribution < 1.29 is 9.90 Å². The molecule has 0 aromatic heterocycles. The van der Waals surface area contributed by atoms with Crippen molar-refractivity contribution in [2.75, 3.05) is 19.6 Å². The van der Waals surface area contributed by atoms with E-state index in [4.69, 9.17) is 0 Å². The average Bonchev–Trinajstić information content (AvgIpc) is 2.32. The molecule has 1 fully saturated rings. The number of benzene rings is 1. The van der Waals surface area contributed by atoms with E-state index in [0.717, 1.165) is 25.2 Å². The molecule has 0 aliphatic carbocycles. The van der Waals surface area contributed by atoms with Gasteiger partial charge in [-0.15, -0.1) is 0 Å². The largest absolute Gasteiger partial charge is 0.508 e. The molecule has 4 nitrogen and oxygen atoms in total. The number of nitrogens with one attached hydrogen (secondary N) is 1. The molecule has 1 amide bonds. The zero-order valence-electron chi connectivity index (χ0n) is 10.0. The van der Waals surface area contributed by atoms with Gasteiger partial charge in [-0.05, 0) is 24.6 Å². The number of hydrogen-bond donors (Lipinski definition) is 2. The predicted octanol–water partition coefficient (Wildman–Crippen LogP) is 0.755. The summed E-state index contributed by atoms with van der Waals surface area (Å²) in [6.45, 7) is 4.50. The van der Waals surface area contributed by atoms with Gasteiger partial charge in [-0.1, -0.05) is 12.1 Å². The van der Waals surface area contributed by atoms with Crippen molar-refractivity contribution >= 4 is 5.91 Å². The van der Waals surface area contributed by atoms with E-state index in [9.17, 15) is 9.90 Å². The van der Waals surface area contributed by atoms with Gasteiger partial charge in [0.25, 0.3) is 0 Å². The molecule has 1 saturated heterocycles. The second kappa shape index (κ2) is 5.19. The highest BCUT2D eigenvalue weighted by Crippen LogP contribution is 2.11. The minimum absolute atomic E-state index is 0.157. The lowest BCUT2D eigenvalue weighted by atomic mass is 10.1. The number of amides is 1. The summed E-state index contributed by atoms with van der Waals surface area (Å²) >= 11 is 0. The standard InChI is InChI=1S/C13H18N2O2/c1-10-9-15(7-6-14-10)13(17)8-11-2-4-12(16)5-3-11/h2-5,10,14,16H,6-9H2,1H3/t10-/m1/s1. The maximum Gasteiger partial charge on any atom is 0.227 e. The Bertz CT molecular complexity index is 389. The van der Waals surface area contributed by atoms with Gasteiger partial charge < -0.3 is 15.3 Å². The third-order valence-corrected chi connectivity index (χ3v) is 3.01. The maximum absolute atomic E-state index is 12.0. The second-order valence-corrected chi connectivity index (χ2v) is 4.54. The molecule has 1 atom stereocenters. The summed E-state index contributed by atoms with van der Waals surface area (Å²) in [5.41, 5.74) is 0.944. The molecular formula is C13H18N2O2. The van der Waals surface area contributed by atoms with Crippen LogP contribution in [0.4, 0.5) is 0 Å². The molecule has 2 N–H and O–H groups in total. The first-order chi connectivity index (χ1) is 8.15. The molecule has 92 valence electrons. The van der Waals surface area contributed by atoms with Crippen molar-refractivity contribution in [2.45, 2.75) is 19.4 Å². The Morgan fingerprint density at radius 1 is 1.47 bits per heavy atom. The Hall–Kier alpha value is -1.55. The lowest BCUT2D eigenvalue weighted by Crippen LogP contribution is -2.51. The van der Waals surface area contributed by atoms with E-state index in [1.807, 2.05) is 4.90 Å². The number of carbonyl (C=O) groups excluding carboxylic acids is 1. The van der Waals surface area contributed by atoms with Crippen molar-refractivity contribution in [1.29, 1.82) is 0 Å². The van der Waals surface area contributed by atoms with Crippen molar-refractivity contribution in [2.24, 2.45) is 0 Å². The quantitative estimate of drug-likeness (QED) is 0.794. The van der Waals surface area contributed by atoms with Gasteiger partial charge in [-0.2, -0.15) is 0 Å². The van der Waals surface area contributed by atoms with E-state index < -0.39 is 0 Å². The third-order valence-electron chi connectivity index (χ3n) is 3.01. The highest BCUT2D eigenvalue weighted by Gasteiger charge is 2.20. The van der Waals surface area contributed by atoms with E-state index >= 15 is 0 Å². The number of rotatable bonds is 2. The highest BCUT2D eigenvalue weighted by molar-refractivity contribution is 5.79. The smallest absolute Gasteiger partial charge is 0.227 e. The van der Waals surface area contributed by atoms with Crippen LogP contribution in [0.1, 0.15) is 12.5 Å². The molecule has 0 unspecified atom stereocenters. The molecule has 1 aliphatic heterocycles. The number of carbonyl (C=O) groups is 1. The molecule has 1 heterocycles. The fourth-order valence-electron chi connectivity index (χ4n) is 2.06. The minimum atomic E-state index is 0.157.